The molecule has 0 fully saturated rings. The van der Waals surface area contributed by atoms with Crippen LogP contribution < -0.4 is 5.32 Å². The molecule has 0 atom stereocenters. The van der Waals surface area contributed by atoms with E-state index in [-0.39, 0.29) is 0 Å². The van der Waals surface area contributed by atoms with Gasteiger partial charge in [-0.1, -0.05) is 30.1 Å². The minimum Gasteiger partial charge on any atom is -0.378 e. The molecule has 0 amide bonds. The number of nitrogens with one attached hydrogen (secondary N) is 1. The standard InChI is InChI=1S/C12H11BrCl2N2S/c1-2-10-17-7(6-18-10)5-16-9-4-3-8(13)11(14)12(9)15/h3-4,6,16H,2,5H2,1H3. The summed E-state index contributed by atoms with van der Waals surface area (Å²) >= 11 is 17.2. The number of hydrogen-bond acceptors (Lipinski definition) is 3. The monoisotopic (exact) mass is 364 g/mol. The van der Waals surface area contributed by atoms with Gasteiger partial charge in [0.15, 0.2) is 0 Å². The third-order valence-electron chi connectivity index (χ3n) is 2.40. The Morgan fingerprint density at radius 3 is 2.78 bits per heavy atom. The van der Waals surface area contributed by atoms with E-state index in [9.17, 15) is 0 Å². The Hall–Kier alpha value is -0.290. The summed E-state index contributed by atoms with van der Waals surface area (Å²) in [6.45, 7) is 2.75. The van der Waals surface area contributed by atoms with Gasteiger partial charge >= 0.3 is 0 Å². The Morgan fingerprint density at radius 1 is 1.33 bits per heavy atom. The molecule has 0 spiro atoms. The van der Waals surface area contributed by atoms with Gasteiger partial charge in [-0.25, -0.2) is 4.98 Å². The summed E-state index contributed by atoms with van der Waals surface area (Å²) in [7, 11) is 0. The van der Waals surface area contributed by atoms with Gasteiger partial charge in [0, 0.05) is 9.85 Å². The van der Waals surface area contributed by atoms with Crippen LogP contribution in [-0.4, -0.2) is 4.98 Å². The fourth-order valence-corrected chi connectivity index (χ4v) is 3.03. The molecular weight excluding hydrogens is 355 g/mol. The molecule has 0 saturated carbocycles. The molecule has 0 unspecified atom stereocenters. The average Bonchev–Trinajstić information content (AvgIpc) is 2.83. The summed E-state index contributed by atoms with van der Waals surface area (Å²) in [5.74, 6) is 0. The molecular formula is C12H11BrCl2N2S. The number of thiazole rings is 1. The van der Waals surface area contributed by atoms with Gasteiger partial charge in [0.1, 0.15) is 0 Å². The Morgan fingerprint density at radius 2 is 2.11 bits per heavy atom. The van der Waals surface area contributed by atoms with Crippen LogP contribution in [0, 0.1) is 0 Å². The highest BCUT2D eigenvalue weighted by atomic mass is 79.9. The maximum atomic E-state index is 6.15. The van der Waals surface area contributed by atoms with Crippen LogP contribution >= 0.6 is 50.5 Å². The molecule has 0 aliphatic rings. The van der Waals surface area contributed by atoms with Crippen molar-refractivity contribution in [3.8, 4) is 0 Å². The lowest BCUT2D eigenvalue weighted by Crippen LogP contribution is -2.00. The van der Waals surface area contributed by atoms with Crippen molar-refractivity contribution < 1.29 is 0 Å². The van der Waals surface area contributed by atoms with E-state index < -0.39 is 0 Å². The fraction of sp³-hybridized carbons (Fsp3) is 0.250. The second-order valence-corrected chi connectivity index (χ2v) is 6.22. The van der Waals surface area contributed by atoms with Crippen molar-refractivity contribution in [1.82, 2.24) is 4.98 Å². The minimum atomic E-state index is 0.522. The van der Waals surface area contributed by atoms with E-state index >= 15 is 0 Å². The maximum absolute atomic E-state index is 6.15. The van der Waals surface area contributed by atoms with Gasteiger partial charge in [0.2, 0.25) is 0 Å². The predicted molar refractivity (Wildman–Crippen MR) is 83.0 cm³/mol. The molecule has 96 valence electrons. The van der Waals surface area contributed by atoms with E-state index in [2.05, 4.69) is 38.5 Å². The molecule has 1 aromatic heterocycles. The smallest absolute Gasteiger partial charge is 0.0926 e. The first kappa shape index (κ1) is 14.1. The summed E-state index contributed by atoms with van der Waals surface area (Å²) < 4.78 is 0.793. The highest BCUT2D eigenvalue weighted by Crippen LogP contribution is 2.35. The van der Waals surface area contributed by atoms with Crippen molar-refractivity contribution in [2.24, 2.45) is 0 Å². The number of hydrogen-bond donors (Lipinski definition) is 1. The first-order valence-corrected chi connectivity index (χ1v) is 7.85. The number of nitrogens with zero attached hydrogens (tertiary/aromatic N) is 1. The van der Waals surface area contributed by atoms with Gasteiger partial charge in [-0.05, 0) is 34.5 Å². The minimum absolute atomic E-state index is 0.522. The lowest BCUT2D eigenvalue weighted by Gasteiger charge is -2.09. The molecule has 0 bridgehead atoms. The van der Waals surface area contributed by atoms with Crippen molar-refractivity contribution in [2.45, 2.75) is 19.9 Å². The Labute approximate surface area is 128 Å². The molecule has 1 N–H and O–H groups in total. The molecule has 2 aromatic rings. The zero-order valence-electron chi connectivity index (χ0n) is 9.64. The van der Waals surface area contributed by atoms with Crippen molar-refractivity contribution >= 4 is 56.2 Å². The van der Waals surface area contributed by atoms with Crippen molar-refractivity contribution in [2.75, 3.05) is 5.32 Å². The highest BCUT2D eigenvalue weighted by Gasteiger charge is 2.08. The third-order valence-corrected chi connectivity index (χ3v) is 5.21. The van der Waals surface area contributed by atoms with Crippen LogP contribution in [0.2, 0.25) is 10.0 Å². The van der Waals surface area contributed by atoms with E-state index in [4.69, 9.17) is 23.2 Å². The first-order chi connectivity index (χ1) is 8.61. The molecule has 1 heterocycles. The number of rotatable bonds is 4. The van der Waals surface area contributed by atoms with Crippen LogP contribution in [0.15, 0.2) is 22.0 Å². The van der Waals surface area contributed by atoms with Gasteiger partial charge in [0.25, 0.3) is 0 Å². The summed E-state index contributed by atoms with van der Waals surface area (Å²) in [4.78, 5) is 4.48. The summed E-state index contributed by atoms with van der Waals surface area (Å²) in [6, 6.07) is 3.76. The number of aromatic nitrogens is 1. The van der Waals surface area contributed by atoms with Crippen LogP contribution in [0.1, 0.15) is 17.6 Å². The van der Waals surface area contributed by atoms with Gasteiger partial charge in [-0.15, -0.1) is 11.3 Å². The summed E-state index contributed by atoms with van der Waals surface area (Å²) in [5.41, 5.74) is 1.84. The Bertz CT molecular complexity index is 557. The van der Waals surface area contributed by atoms with Gasteiger partial charge in [0.05, 0.1) is 33.0 Å². The van der Waals surface area contributed by atoms with Crippen LogP contribution in [0.3, 0.4) is 0 Å². The lowest BCUT2D eigenvalue weighted by molar-refractivity contribution is 1.01. The van der Waals surface area contributed by atoms with E-state index in [1.807, 2.05) is 12.1 Å². The molecule has 0 radical (unpaired) electrons. The SMILES string of the molecule is CCc1nc(CNc2ccc(Br)c(Cl)c2Cl)cs1. The van der Waals surface area contributed by atoms with Crippen molar-refractivity contribution in [3.05, 3.63) is 42.7 Å². The second-order valence-electron chi connectivity index (χ2n) is 3.66. The van der Waals surface area contributed by atoms with Gasteiger partial charge < -0.3 is 5.32 Å². The zero-order chi connectivity index (χ0) is 13.1. The van der Waals surface area contributed by atoms with Crippen molar-refractivity contribution in [3.63, 3.8) is 0 Å². The summed E-state index contributed by atoms with van der Waals surface area (Å²) in [5, 5.41) is 7.49. The van der Waals surface area contributed by atoms with Crippen LogP contribution in [0.4, 0.5) is 5.69 Å². The second kappa shape index (κ2) is 6.24. The number of anilines is 1. The maximum Gasteiger partial charge on any atom is 0.0926 e. The Kier molecular flexibility index (Phi) is 4.90. The van der Waals surface area contributed by atoms with E-state index in [0.717, 1.165) is 27.3 Å². The summed E-state index contributed by atoms with van der Waals surface area (Å²) in [6.07, 6.45) is 0.968. The predicted octanol–water partition coefficient (Wildman–Crippen LogP) is 5.39. The molecule has 0 aliphatic heterocycles. The van der Waals surface area contributed by atoms with Crippen LogP contribution in [-0.2, 0) is 13.0 Å². The van der Waals surface area contributed by atoms with Crippen LogP contribution in [0.5, 0.6) is 0 Å². The quantitative estimate of drug-likeness (QED) is 0.735. The normalized spacial score (nSPS) is 10.7. The average molecular weight is 366 g/mol. The van der Waals surface area contributed by atoms with Gasteiger partial charge in [-0.3, -0.25) is 0 Å². The molecule has 6 heteroatoms. The number of aryl methyl sites for hydroxylation is 1. The molecule has 0 aliphatic carbocycles. The third kappa shape index (κ3) is 3.18. The van der Waals surface area contributed by atoms with Gasteiger partial charge in [-0.2, -0.15) is 0 Å². The van der Waals surface area contributed by atoms with Crippen molar-refractivity contribution in [1.29, 1.82) is 0 Å². The number of benzene rings is 1. The molecule has 2 rings (SSSR count). The zero-order valence-corrected chi connectivity index (χ0v) is 13.5. The highest BCUT2D eigenvalue weighted by molar-refractivity contribution is 9.10. The van der Waals surface area contributed by atoms with E-state index in [0.29, 0.717) is 16.6 Å². The molecule has 0 saturated heterocycles. The topological polar surface area (TPSA) is 24.9 Å². The number of halogens is 3. The first-order valence-electron chi connectivity index (χ1n) is 5.42. The lowest BCUT2D eigenvalue weighted by atomic mass is 10.3. The Balaban J connectivity index is 2.08. The van der Waals surface area contributed by atoms with E-state index in [1.165, 1.54) is 0 Å². The molecule has 1 aromatic carbocycles. The largest absolute Gasteiger partial charge is 0.378 e. The van der Waals surface area contributed by atoms with E-state index in [1.54, 1.807) is 11.3 Å². The van der Waals surface area contributed by atoms with Crippen LogP contribution in [0.25, 0.3) is 0 Å². The fourth-order valence-electron chi connectivity index (χ4n) is 1.44. The molecule has 2 nitrogen and oxygen atoms in total. The molecule has 18 heavy (non-hydrogen) atoms.